The average molecular weight is 398 g/mol. The summed E-state index contributed by atoms with van der Waals surface area (Å²) in [7, 11) is 0. The van der Waals surface area contributed by atoms with E-state index in [1.165, 1.54) is 0 Å². The van der Waals surface area contributed by atoms with E-state index in [1.807, 2.05) is 54.6 Å². The van der Waals surface area contributed by atoms with Crippen molar-refractivity contribution in [3.05, 3.63) is 60.8 Å². The van der Waals surface area contributed by atoms with Crippen molar-refractivity contribution >= 4 is 11.1 Å². The Bertz CT molecular complexity index is 1360. The van der Waals surface area contributed by atoms with Gasteiger partial charge in [0, 0.05) is 17.3 Å². The van der Waals surface area contributed by atoms with Crippen molar-refractivity contribution in [2.24, 2.45) is 0 Å². The monoisotopic (exact) mass is 398 g/mol. The molecular weight excluding hydrogens is 384 g/mol. The zero-order valence-corrected chi connectivity index (χ0v) is 15.6. The van der Waals surface area contributed by atoms with Gasteiger partial charge in [0.05, 0.1) is 10.9 Å². The van der Waals surface area contributed by atoms with Crippen LogP contribution in [-0.2, 0) is 0 Å². The zero-order chi connectivity index (χ0) is 19.9. The Morgan fingerprint density at radius 2 is 1.53 bits per heavy atom. The molecule has 30 heavy (non-hydrogen) atoms. The number of hydrogen-bond acceptors (Lipinski definition) is 8. The second-order valence-electron chi connectivity index (χ2n) is 6.74. The van der Waals surface area contributed by atoms with Crippen LogP contribution in [0.4, 0.5) is 0 Å². The van der Waals surface area contributed by atoms with E-state index < -0.39 is 0 Å². The van der Waals surface area contributed by atoms with Gasteiger partial charge in [-0.15, -0.1) is 10.2 Å². The molecule has 0 amide bonds. The summed E-state index contributed by atoms with van der Waals surface area (Å²) in [4.78, 5) is 4.35. The predicted molar refractivity (Wildman–Crippen MR) is 107 cm³/mol. The quantitative estimate of drug-likeness (QED) is 0.442. The van der Waals surface area contributed by atoms with Crippen LogP contribution < -0.4 is 9.47 Å². The summed E-state index contributed by atoms with van der Waals surface area (Å²) in [6.07, 6.45) is 1.63. The number of hydrogen-bond donors (Lipinski definition) is 0. The van der Waals surface area contributed by atoms with Gasteiger partial charge in [0.15, 0.2) is 11.5 Å². The normalized spacial score (nSPS) is 12.9. The molecule has 6 rings (SSSR count). The predicted octanol–water partition coefficient (Wildman–Crippen LogP) is 4.38. The lowest BCUT2D eigenvalue weighted by atomic mass is 10.1. The fourth-order valence-electron chi connectivity index (χ4n) is 3.39. The third-order valence-electron chi connectivity index (χ3n) is 4.84. The molecule has 0 saturated heterocycles. The number of fused-ring (bicyclic) bond motifs is 2. The molecule has 0 fully saturated rings. The summed E-state index contributed by atoms with van der Waals surface area (Å²) in [6.45, 7) is 1.06. The molecule has 0 saturated carbocycles. The van der Waals surface area contributed by atoms with E-state index in [0.717, 1.165) is 16.5 Å². The van der Waals surface area contributed by atoms with Crippen LogP contribution in [0.1, 0.15) is 0 Å². The number of pyridine rings is 1. The maximum atomic E-state index is 5.91. The highest BCUT2D eigenvalue weighted by atomic mass is 16.6. The summed E-state index contributed by atoms with van der Waals surface area (Å²) in [5, 5.41) is 13.3. The molecule has 1 aliphatic heterocycles. The van der Waals surface area contributed by atoms with Crippen molar-refractivity contribution in [3.63, 3.8) is 0 Å². The van der Waals surface area contributed by atoms with Crippen LogP contribution in [0.5, 0.6) is 11.5 Å². The first-order valence-electron chi connectivity index (χ1n) is 9.40. The molecule has 0 aliphatic carbocycles. The van der Waals surface area contributed by atoms with Gasteiger partial charge in [-0.05, 0) is 24.3 Å². The van der Waals surface area contributed by atoms with Crippen molar-refractivity contribution in [2.75, 3.05) is 13.2 Å². The van der Waals surface area contributed by atoms with Crippen LogP contribution in [0.3, 0.4) is 0 Å². The maximum absolute atomic E-state index is 5.91. The first-order valence-corrected chi connectivity index (χ1v) is 9.40. The summed E-state index contributed by atoms with van der Waals surface area (Å²) in [5.41, 5.74) is 3.54. The first-order chi connectivity index (χ1) is 14.8. The van der Waals surface area contributed by atoms with Gasteiger partial charge in [-0.25, -0.2) is 4.98 Å². The minimum atomic E-state index is 0.356. The molecule has 0 radical (unpaired) electrons. The standard InChI is InChI=1S/C22H14N4O4/c1-2-4-13(5-3-1)19-16-10-15(12-23-22(16)30-26-19)21-25-24-20(29-21)14-6-7-17-18(11-14)28-9-8-27-17/h1-7,10-12H,8-9H2. The molecule has 4 heterocycles. The van der Waals surface area contributed by atoms with Crippen molar-refractivity contribution in [1.82, 2.24) is 20.3 Å². The third kappa shape index (κ3) is 2.77. The number of ether oxygens (including phenoxy) is 2. The molecule has 8 heteroatoms. The molecule has 0 spiro atoms. The van der Waals surface area contributed by atoms with Gasteiger partial charge in [-0.1, -0.05) is 35.5 Å². The Labute approximate surface area is 170 Å². The highest BCUT2D eigenvalue weighted by Gasteiger charge is 2.18. The number of aromatic nitrogens is 4. The van der Waals surface area contributed by atoms with Crippen molar-refractivity contribution < 1.29 is 18.4 Å². The van der Waals surface area contributed by atoms with Crippen molar-refractivity contribution in [1.29, 1.82) is 0 Å². The summed E-state index contributed by atoms with van der Waals surface area (Å²) >= 11 is 0. The third-order valence-corrected chi connectivity index (χ3v) is 4.84. The molecule has 3 aromatic heterocycles. The fourth-order valence-corrected chi connectivity index (χ4v) is 3.39. The topological polar surface area (TPSA) is 96.3 Å². The Hall–Kier alpha value is -4.20. The molecule has 146 valence electrons. The van der Waals surface area contributed by atoms with Crippen LogP contribution in [0.15, 0.2) is 69.7 Å². The van der Waals surface area contributed by atoms with E-state index in [2.05, 4.69) is 20.3 Å². The number of rotatable bonds is 3. The molecule has 0 N–H and O–H groups in total. The van der Waals surface area contributed by atoms with Crippen LogP contribution in [0.2, 0.25) is 0 Å². The minimum Gasteiger partial charge on any atom is -0.486 e. The van der Waals surface area contributed by atoms with Crippen LogP contribution >= 0.6 is 0 Å². The van der Waals surface area contributed by atoms with Crippen LogP contribution in [0, 0.1) is 0 Å². The Morgan fingerprint density at radius 1 is 0.733 bits per heavy atom. The molecule has 0 atom stereocenters. The molecule has 2 aromatic carbocycles. The molecule has 0 unspecified atom stereocenters. The van der Waals surface area contributed by atoms with Gasteiger partial charge in [0.2, 0.25) is 11.8 Å². The van der Waals surface area contributed by atoms with Gasteiger partial charge in [0.1, 0.15) is 18.9 Å². The Balaban J connectivity index is 1.38. The number of benzene rings is 2. The van der Waals surface area contributed by atoms with E-state index in [0.29, 0.717) is 53.5 Å². The lowest BCUT2D eigenvalue weighted by Gasteiger charge is -2.18. The van der Waals surface area contributed by atoms with Gasteiger partial charge >= 0.3 is 0 Å². The van der Waals surface area contributed by atoms with E-state index in [1.54, 1.807) is 6.20 Å². The highest BCUT2D eigenvalue weighted by Crippen LogP contribution is 2.35. The summed E-state index contributed by atoms with van der Waals surface area (Å²) in [5.74, 6) is 2.11. The number of nitrogens with zero attached hydrogens (tertiary/aromatic N) is 4. The van der Waals surface area contributed by atoms with E-state index in [4.69, 9.17) is 18.4 Å². The van der Waals surface area contributed by atoms with Gasteiger partial charge in [-0.3, -0.25) is 0 Å². The minimum absolute atomic E-state index is 0.356. The van der Waals surface area contributed by atoms with Crippen LogP contribution in [-0.4, -0.2) is 33.6 Å². The highest BCUT2D eigenvalue weighted by molar-refractivity contribution is 5.91. The maximum Gasteiger partial charge on any atom is 0.258 e. The van der Waals surface area contributed by atoms with Gasteiger partial charge in [0.25, 0.3) is 5.71 Å². The smallest absolute Gasteiger partial charge is 0.258 e. The molecule has 1 aliphatic rings. The summed E-state index contributed by atoms with van der Waals surface area (Å²) in [6, 6.07) is 17.2. The van der Waals surface area contributed by atoms with E-state index >= 15 is 0 Å². The average Bonchev–Trinajstić information content (AvgIpc) is 3.46. The molecule has 8 nitrogen and oxygen atoms in total. The zero-order valence-electron chi connectivity index (χ0n) is 15.6. The molecular formula is C22H14N4O4. The second kappa shape index (κ2) is 6.70. The lowest BCUT2D eigenvalue weighted by Crippen LogP contribution is -2.15. The van der Waals surface area contributed by atoms with Gasteiger partial charge < -0.3 is 18.4 Å². The van der Waals surface area contributed by atoms with E-state index in [9.17, 15) is 0 Å². The molecule has 0 bridgehead atoms. The van der Waals surface area contributed by atoms with Crippen LogP contribution in [0.25, 0.3) is 45.3 Å². The Morgan fingerprint density at radius 3 is 2.40 bits per heavy atom. The van der Waals surface area contributed by atoms with Crippen molar-refractivity contribution in [3.8, 4) is 45.7 Å². The Kier molecular flexibility index (Phi) is 3.73. The largest absolute Gasteiger partial charge is 0.486 e. The fraction of sp³-hybridized carbons (Fsp3) is 0.0909. The lowest BCUT2D eigenvalue weighted by molar-refractivity contribution is 0.171. The van der Waals surface area contributed by atoms with Gasteiger partial charge in [-0.2, -0.15) is 0 Å². The van der Waals surface area contributed by atoms with Crippen molar-refractivity contribution in [2.45, 2.75) is 0 Å². The molecule has 5 aromatic rings. The summed E-state index contributed by atoms with van der Waals surface area (Å²) < 4.78 is 22.5. The second-order valence-corrected chi connectivity index (χ2v) is 6.74. The first kappa shape index (κ1) is 16.7. The SMILES string of the molecule is c1ccc(-c2noc3ncc(-c4nnc(-c5ccc6c(c5)OCCO6)o4)cc23)cc1. The van der Waals surface area contributed by atoms with E-state index in [-0.39, 0.29) is 0 Å².